The molecule has 6 atom stereocenters. The third kappa shape index (κ3) is 4.36. The number of carbonyl (C=O) groups excluding carboxylic acids is 5. The number of phenolic OH excluding ortho intramolecular Hbond substituents is 1. The fourth-order valence-corrected chi connectivity index (χ4v) is 6.75. The normalized spacial score (nSPS) is 29.5. The Labute approximate surface area is 237 Å². The van der Waals surface area contributed by atoms with Gasteiger partial charge in [0, 0.05) is 5.92 Å². The minimum absolute atomic E-state index is 0.0624. The quantitative estimate of drug-likeness (QED) is 0.365. The molecule has 9 nitrogen and oxygen atoms in total. The van der Waals surface area contributed by atoms with Crippen molar-refractivity contribution in [2.45, 2.75) is 30.7 Å². The van der Waals surface area contributed by atoms with Crippen molar-refractivity contribution in [3.8, 4) is 5.75 Å². The minimum Gasteiger partial charge on any atom is -0.507 e. The van der Waals surface area contributed by atoms with Crippen molar-refractivity contribution in [1.29, 1.82) is 0 Å². The second kappa shape index (κ2) is 9.99. The summed E-state index contributed by atoms with van der Waals surface area (Å²) in [5.74, 6) is -11.4. The number of Topliss-reactive ketones (excluding diaryl/α,β-unsaturated/α-hetero) is 4. The van der Waals surface area contributed by atoms with Crippen LogP contribution in [0.15, 0.2) is 36.4 Å². The Bertz CT molecular complexity index is 1560. The second-order valence-corrected chi connectivity index (χ2v) is 11.3. The number of aliphatic hydroxyl groups is 1. The van der Waals surface area contributed by atoms with Crippen LogP contribution in [0.3, 0.4) is 0 Å². The molecule has 2 saturated carbocycles. The number of fused-ring (bicyclic) bond motifs is 3. The molecule has 3 aliphatic carbocycles. The lowest BCUT2D eigenvalue weighted by molar-refractivity contribution is -0.181. The Morgan fingerprint density at radius 3 is 2.24 bits per heavy atom. The third-order valence-corrected chi connectivity index (χ3v) is 8.67. The van der Waals surface area contributed by atoms with Gasteiger partial charge >= 0.3 is 6.18 Å². The van der Waals surface area contributed by atoms with Crippen LogP contribution < -0.4 is 5.73 Å². The molecule has 3 aliphatic rings. The zero-order chi connectivity index (χ0) is 30.9. The van der Waals surface area contributed by atoms with Crippen LogP contribution >= 0.6 is 0 Å². The van der Waals surface area contributed by atoms with Crippen LogP contribution in [-0.4, -0.2) is 69.9 Å². The number of phenols is 1. The van der Waals surface area contributed by atoms with Gasteiger partial charge in [0.05, 0.1) is 23.1 Å². The van der Waals surface area contributed by atoms with Gasteiger partial charge in [-0.05, 0) is 67.7 Å². The SMILES string of the molecule is CN(C)[C@@H]1C(=O)C(C(N)=O)C(=O)[C@@]2(O)C(=O)C3C(=O)c4c(O)ccc(/C=C/c5ccc(C(F)(F)F)cc5)c4C[C@H]3C[C@@H]12. The van der Waals surface area contributed by atoms with Crippen molar-refractivity contribution in [2.24, 2.45) is 29.4 Å². The highest BCUT2D eigenvalue weighted by Gasteiger charge is 2.69. The molecule has 2 fully saturated rings. The fraction of sp³-hybridized carbons (Fsp3) is 0.367. The summed E-state index contributed by atoms with van der Waals surface area (Å²) in [6.45, 7) is 0. The van der Waals surface area contributed by atoms with Gasteiger partial charge in [-0.2, -0.15) is 13.2 Å². The van der Waals surface area contributed by atoms with Gasteiger partial charge in [0.25, 0.3) is 0 Å². The van der Waals surface area contributed by atoms with Gasteiger partial charge in [0.1, 0.15) is 5.75 Å². The van der Waals surface area contributed by atoms with Gasteiger partial charge in [-0.3, -0.25) is 28.9 Å². The molecule has 12 heteroatoms. The molecule has 2 aromatic rings. The van der Waals surface area contributed by atoms with E-state index in [0.29, 0.717) is 16.7 Å². The number of aromatic hydroxyl groups is 1. The van der Waals surface area contributed by atoms with E-state index in [1.807, 2.05) is 0 Å². The predicted octanol–water partition coefficient (Wildman–Crippen LogP) is 2.06. The highest BCUT2D eigenvalue weighted by atomic mass is 19.4. The molecule has 220 valence electrons. The summed E-state index contributed by atoms with van der Waals surface area (Å²) in [7, 11) is 2.99. The van der Waals surface area contributed by atoms with Gasteiger partial charge in [-0.1, -0.05) is 30.4 Å². The van der Waals surface area contributed by atoms with Gasteiger partial charge in [0.2, 0.25) is 5.91 Å². The van der Waals surface area contributed by atoms with Crippen LogP contribution in [0.5, 0.6) is 5.75 Å². The smallest absolute Gasteiger partial charge is 0.416 e. The Morgan fingerprint density at radius 2 is 1.67 bits per heavy atom. The number of amides is 1. The molecule has 2 unspecified atom stereocenters. The maximum atomic E-state index is 13.8. The summed E-state index contributed by atoms with van der Waals surface area (Å²) in [5, 5.41) is 22.2. The Balaban J connectivity index is 1.55. The van der Waals surface area contributed by atoms with E-state index in [1.165, 1.54) is 43.3 Å². The third-order valence-electron chi connectivity index (χ3n) is 8.67. The van der Waals surface area contributed by atoms with Crippen molar-refractivity contribution in [3.63, 3.8) is 0 Å². The predicted molar refractivity (Wildman–Crippen MR) is 142 cm³/mol. The first kappa shape index (κ1) is 29.3. The van der Waals surface area contributed by atoms with Crippen LogP contribution in [0.2, 0.25) is 0 Å². The first-order valence-electron chi connectivity index (χ1n) is 13.1. The molecular weight excluding hydrogens is 557 g/mol. The van der Waals surface area contributed by atoms with E-state index in [-0.39, 0.29) is 18.4 Å². The average molecular weight is 585 g/mol. The number of alkyl halides is 3. The van der Waals surface area contributed by atoms with E-state index in [0.717, 1.165) is 12.1 Å². The Morgan fingerprint density at radius 1 is 1.02 bits per heavy atom. The zero-order valence-corrected chi connectivity index (χ0v) is 22.5. The Hall–Kier alpha value is -4.16. The van der Waals surface area contributed by atoms with Crippen LogP contribution in [0.1, 0.15) is 39.0 Å². The molecule has 0 aromatic heterocycles. The number of halogens is 3. The molecule has 5 rings (SSSR count). The van der Waals surface area contributed by atoms with E-state index in [9.17, 15) is 47.4 Å². The lowest BCUT2D eigenvalue weighted by atomic mass is 9.52. The number of primary amides is 1. The number of carbonyl (C=O) groups is 5. The van der Waals surface area contributed by atoms with Crippen LogP contribution in [0.4, 0.5) is 13.2 Å². The molecule has 0 aliphatic heterocycles. The molecule has 4 N–H and O–H groups in total. The molecule has 0 spiro atoms. The van der Waals surface area contributed by atoms with Crippen LogP contribution in [-0.2, 0) is 31.8 Å². The maximum absolute atomic E-state index is 13.8. The summed E-state index contributed by atoms with van der Waals surface area (Å²) < 4.78 is 38.7. The first-order valence-corrected chi connectivity index (χ1v) is 13.1. The lowest BCUT2D eigenvalue weighted by Gasteiger charge is -2.52. The summed E-state index contributed by atoms with van der Waals surface area (Å²) in [6.07, 6.45) is -1.41. The van der Waals surface area contributed by atoms with Crippen molar-refractivity contribution in [3.05, 3.63) is 64.2 Å². The number of hydrogen-bond acceptors (Lipinski definition) is 8. The van der Waals surface area contributed by atoms with E-state index in [1.54, 1.807) is 12.2 Å². The fourth-order valence-electron chi connectivity index (χ4n) is 6.75. The van der Waals surface area contributed by atoms with Crippen LogP contribution in [0, 0.1) is 23.7 Å². The molecule has 0 saturated heterocycles. The molecule has 1 amide bonds. The molecular formula is C30H27F3N2O7. The summed E-state index contributed by atoms with van der Waals surface area (Å²) >= 11 is 0. The second-order valence-electron chi connectivity index (χ2n) is 11.3. The molecule has 42 heavy (non-hydrogen) atoms. The average Bonchev–Trinajstić information content (AvgIpc) is 2.89. The molecule has 0 radical (unpaired) electrons. The van der Waals surface area contributed by atoms with E-state index in [2.05, 4.69) is 0 Å². The van der Waals surface area contributed by atoms with E-state index < -0.39 is 81.8 Å². The van der Waals surface area contributed by atoms with Crippen LogP contribution in [0.25, 0.3) is 12.2 Å². The van der Waals surface area contributed by atoms with Gasteiger partial charge in [0.15, 0.2) is 34.7 Å². The largest absolute Gasteiger partial charge is 0.507 e. The van der Waals surface area contributed by atoms with Crippen molar-refractivity contribution in [1.82, 2.24) is 4.90 Å². The van der Waals surface area contributed by atoms with Gasteiger partial charge < -0.3 is 15.9 Å². The topological polar surface area (TPSA) is 155 Å². The van der Waals surface area contributed by atoms with E-state index >= 15 is 0 Å². The first-order chi connectivity index (χ1) is 19.6. The monoisotopic (exact) mass is 584 g/mol. The summed E-state index contributed by atoms with van der Waals surface area (Å²) in [6, 6.07) is 5.99. The molecule has 0 heterocycles. The van der Waals surface area contributed by atoms with Crippen molar-refractivity contribution < 1.29 is 47.4 Å². The van der Waals surface area contributed by atoms with Gasteiger partial charge in [-0.25, -0.2) is 0 Å². The van der Waals surface area contributed by atoms with Gasteiger partial charge in [-0.15, -0.1) is 0 Å². The number of benzene rings is 2. The number of likely N-dealkylation sites (N-methyl/N-ethyl adjacent to an activating group) is 1. The lowest BCUT2D eigenvalue weighted by Crippen LogP contribution is -2.74. The molecule has 0 bridgehead atoms. The number of hydrogen-bond donors (Lipinski definition) is 3. The number of rotatable bonds is 4. The number of nitrogens with zero attached hydrogens (tertiary/aromatic N) is 1. The summed E-state index contributed by atoms with van der Waals surface area (Å²) in [4.78, 5) is 67.6. The minimum atomic E-state index is -4.49. The van der Waals surface area contributed by atoms with Crippen molar-refractivity contribution in [2.75, 3.05) is 14.1 Å². The zero-order valence-electron chi connectivity index (χ0n) is 22.5. The number of nitrogens with two attached hydrogens (primary N) is 1. The Kier molecular flexibility index (Phi) is 6.97. The van der Waals surface area contributed by atoms with E-state index in [4.69, 9.17) is 5.73 Å². The molecule has 2 aromatic carbocycles. The summed E-state index contributed by atoms with van der Waals surface area (Å²) in [5.41, 5.74) is 2.82. The van der Waals surface area contributed by atoms with Crippen molar-refractivity contribution >= 4 is 41.2 Å². The standard InChI is InChI=1S/C30H27F3N2O7/c1-35(2)23-18-12-15-11-17-14(6-3-13-4-8-16(9-5-13)30(31,32)33)7-10-19(36)21(17)24(37)20(15)26(39)29(18,42)27(40)22(25(23)38)28(34)41/h3-10,15,18,20,22-23,36,42H,11-12H2,1-2H3,(H2,34,41)/b6-3+/t15-,18-,20?,22?,23-,29-/m0/s1. The number of ketones is 4. The maximum Gasteiger partial charge on any atom is 0.416 e. The highest BCUT2D eigenvalue weighted by molar-refractivity contribution is 6.32. The highest BCUT2D eigenvalue weighted by Crippen LogP contribution is 2.51.